The summed E-state index contributed by atoms with van der Waals surface area (Å²) in [4.78, 5) is 9.95. The second kappa shape index (κ2) is 5.39. The van der Waals surface area contributed by atoms with E-state index >= 15 is 0 Å². The second-order valence-electron chi connectivity index (χ2n) is 3.25. The minimum atomic E-state index is 0.345. The topological polar surface area (TPSA) is 64.3 Å². The fraction of sp³-hybridized carbons (Fsp3) is 0.556. The van der Waals surface area contributed by atoms with E-state index in [-0.39, 0.29) is 0 Å². The Bertz CT molecular complexity index is 277. The molecule has 0 atom stereocenters. The summed E-state index contributed by atoms with van der Waals surface area (Å²) in [6.45, 7) is 1.60. The molecule has 0 amide bonds. The molecule has 0 saturated carbocycles. The Kier molecular flexibility index (Phi) is 4.12. The highest BCUT2D eigenvalue weighted by atomic mass is 16.5. The lowest BCUT2D eigenvalue weighted by molar-refractivity contribution is 0.274. The number of nitrogens with zero attached hydrogens (tertiary/aromatic N) is 3. The van der Waals surface area contributed by atoms with Gasteiger partial charge in [-0.15, -0.1) is 0 Å². The van der Waals surface area contributed by atoms with Crippen LogP contribution in [0, 0.1) is 0 Å². The smallest absolute Gasteiger partial charge is 0.257 e. The van der Waals surface area contributed by atoms with Crippen LogP contribution in [0.3, 0.4) is 0 Å². The zero-order valence-electron chi connectivity index (χ0n) is 8.60. The number of anilines is 1. The molecular formula is C9H16N4O. The minimum absolute atomic E-state index is 0.345. The molecule has 1 rings (SSSR count). The summed E-state index contributed by atoms with van der Waals surface area (Å²) in [6, 6.07) is 0. The van der Waals surface area contributed by atoms with Gasteiger partial charge in [0.05, 0.1) is 6.61 Å². The molecule has 0 aliphatic heterocycles. The molecule has 0 saturated heterocycles. The molecule has 0 bridgehead atoms. The molecule has 0 aromatic carbocycles. The van der Waals surface area contributed by atoms with Gasteiger partial charge in [0.15, 0.2) is 5.82 Å². The van der Waals surface area contributed by atoms with Crippen molar-refractivity contribution in [3.05, 3.63) is 12.4 Å². The molecule has 0 aliphatic carbocycles. The molecule has 0 aliphatic rings. The molecule has 78 valence electrons. The van der Waals surface area contributed by atoms with E-state index in [4.69, 9.17) is 10.5 Å². The average Bonchev–Trinajstić information content (AvgIpc) is 2.15. The van der Waals surface area contributed by atoms with Crippen molar-refractivity contribution in [2.45, 2.75) is 6.42 Å². The van der Waals surface area contributed by atoms with E-state index < -0.39 is 0 Å². The first-order valence-corrected chi connectivity index (χ1v) is 4.54. The summed E-state index contributed by atoms with van der Waals surface area (Å²) in [5.74, 6) is 0.767. The van der Waals surface area contributed by atoms with Gasteiger partial charge in [-0.1, -0.05) is 0 Å². The van der Waals surface area contributed by atoms with E-state index in [9.17, 15) is 0 Å². The second-order valence-corrected chi connectivity index (χ2v) is 3.25. The Hall–Kier alpha value is -1.36. The monoisotopic (exact) mass is 196 g/mol. The summed E-state index contributed by atoms with van der Waals surface area (Å²) < 4.78 is 5.36. The molecule has 1 heterocycles. The van der Waals surface area contributed by atoms with Gasteiger partial charge in [0.2, 0.25) is 0 Å². The van der Waals surface area contributed by atoms with Gasteiger partial charge in [0.1, 0.15) is 0 Å². The predicted octanol–water partition coefficient (Wildman–Crippen LogP) is 0.389. The molecule has 0 unspecified atom stereocenters. The Balaban J connectivity index is 2.28. The first-order chi connectivity index (χ1) is 6.70. The van der Waals surface area contributed by atoms with E-state index in [1.807, 2.05) is 14.1 Å². The number of ether oxygens (including phenoxy) is 1. The third kappa shape index (κ3) is 3.57. The third-order valence-electron chi connectivity index (χ3n) is 1.68. The van der Waals surface area contributed by atoms with Gasteiger partial charge in [-0.05, 0) is 20.5 Å². The van der Waals surface area contributed by atoms with E-state index in [1.54, 1.807) is 12.4 Å². The van der Waals surface area contributed by atoms with Crippen LogP contribution in [0.25, 0.3) is 0 Å². The van der Waals surface area contributed by atoms with Crippen molar-refractivity contribution in [2.24, 2.45) is 0 Å². The molecule has 5 nitrogen and oxygen atoms in total. The Labute approximate surface area is 83.9 Å². The van der Waals surface area contributed by atoms with Crippen molar-refractivity contribution < 1.29 is 4.74 Å². The average molecular weight is 196 g/mol. The van der Waals surface area contributed by atoms with Crippen molar-refractivity contribution in [3.63, 3.8) is 0 Å². The molecule has 1 aromatic heterocycles. The largest absolute Gasteiger partial charge is 0.475 e. The van der Waals surface area contributed by atoms with Gasteiger partial charge in [0, 0.05) is 18.9 Å². The fourth-order valence-electron chi connectivity index (χ4n) is 0.997. The van der Waals surface area contributed by atoms with Crippen LogP contribution in [0.5, 0.6) is 5.88 Å². The van der Waals surface area contributed by atoms with E-state index in [0.29, 0.717) is 18.3 Å². The van der Waals surface area contributed by atoms with Crippen LogP contribution in [0.2, 0.25) is 0 Å². The van der Waals surface area contributed by atoms with E-state index in [1.165, 1.54) is 0 Å². The highest BCUT2D eigenvalue weighted by Crippen LogP contribution is 2.12. The quantitative estimate of drug-likeness (QED) is 0.690. The summed E-state index contributed by atoms with van der Waals surface area (Å²) in [5.41, 5.74) is 5.55. The normalized spacial score (nSPS) is 10.5. The molecule has 14 heavy (non-hydrogen) atoms. The zero-order chi connectivity index (χ0) is 10.4. The van der Waals surface area contributed by atoms with Crippen molar-refractivity contribution in [2.75, 3.05) is 33.0 Å². The number of hydrogen-bond acceptors (Lipinski definition) is 5. The van der Waals surface area contributed by atoms with Crippen molar-refractivity contribution in [1.82, 2.24) is 14.9 Å². The molecule has 0 spiro atoms. The number of nitrogens with two attached hydrogens (primary N) is 1. The Morgan fingerprint density at radius 1 is 1.36 bits per heavy atom. The predicted molar refractivity (Wildman–Crippen MR) is 55.1 cm³/mol. The van der Waals surface area contributed by atoms with Gasteiger partial charge in [-0.25, -0.2) is 9.97 Å². The fourth-order valence-corrected chi connectivity index (χ4v) is 0.997. The lowest BCUT2D eigenvalue weighted by Crippen LogP contribution is -2.16. The molecule has 0 fully saturated rings. The molecule has 2 N–H and O–H groups in total. The summed E-state index contributed by atoms with van der Waals surface area (Å²) >= 11 is 0. The highest BCUT2D eigenvalue weighted by molar-refractivity contribution is 5.38. The lowest BCUT2D eigenvalue weighted by Gasteiger charge is -2.10. The minimum Gasteiger partial charge on any atom is -0.475 e. The van der Waals surface area contributed by atoms with Gasteiger partial charge in [-0.2, -0.15) is 0 Å². The SMILES string of the molecule is CN(C)CCCOc1nccnc1N. The number of rotatable bonds is 5. The third-order valence-corrected chi connectivity index (χ3v) is 1.68. The zero-order valence-corrected chi connectivity index (χ0v) is 8.60. The first-order valence-electron chi connectivity index (χ1n) is 4.54. The lowest BCUT2D eigenvalue weighted by atomic mass is 10.4. The Morgan fingerprint density at radius 2 is 2.07 bits per heavy atom. The number of hydrogen-bond donors (Lipinski definition) is 1. The van der Waals surface area contributed by atoms with Crippen molar-refractivity contribution in [3.8, 4) is 5.88 Å². The number of aromatic nitrogens is 2. The van der Waals surface area contributed by atoms with Crippen LogP contribution in [0.15, 0.2) is 12.4 Å². The summed E-state index contributed by atoms with van der Waals surface area (Å²) in [7, 11) is 4.05. The van der Waals surface area contributed by atoms with Gasteiger partial charge in [-0.3, -0.25) is 0 Å². The van der Waals surface area contributed by atoms with Crippen LogP contribution in [0.1, 0.15) is 6.42 Å². The van der Waals surface area contributed by atoms with Crippen molar-refractivity contribution in [1.29, 1.82) is 0 Å². The van der Waals surface area contributed by atoms with E-state index in [0.717, 1.165) is 13.0 Å². The number of nitrogen functional groups attached to an aromatic ring is 1. The Morgan fingerprint density at radius 3 is 2.71 bits per heavy atom. The molecular weight excluding hydrogens is 180 g/mol. The summed E-state index contributed by atoms with van der Waals surface area (Å²) in [6.07, 6.45) is 4.06. The van der Waals surface area contributed by atoms with Crippen molar-refractivity contribution >= 4 is 5.82 Å². The molecule has 0 radical (unpaired) electrons. The standard InChI is InChI=1S/C9H16N4O/c1-13(2)6-3-7-14-9-8(10)11-4-5-12-9/h4-5H,3,6-7H2,1-2H3,(H2,10,11). The molecule has 5 heteroatoms. The van der Waals surface area contributed by atoms with Crippen LogP contribution < -0.4 is 10.5 Å². The maximum atomic E-state index is 5.55. The maximum Gasteiger partial charge on any atom is 0.257 e. The molecule has 1 aromatic rings. The first kappa shape index (κ1) is 10.7. The van der Waals surface area contributed by atoms with Gasteiger partial charge >= 0.3 is 0 Å². The van der Waals surface area contributed by atoms with Crippen LogP contribution in [0.4, 0.5) is 5.82 Å². The van der Waals surface area contributed by atoms with Gasteiger partial charge < -0.3 is 15.4 Å². The van der Waals surface area contributed by atoms with Crippen LogP contribution >= 0.6 is 0 Å². The maximum absolute atomic E-state index is 5.55. The highest BCUT2D eigenvalue weighted by Gasteiger charge is 2.00. The summed E-state index contributed by atoms with van der Waals surface area (Å²) in [5, 5.41) is 0. The van der Waals surface area contributed by atoms with Crippen LogP contribution in [-0.4, -0.2) is 42.1 Å². The van der Waals surface area contributed by atoms with E-state index in [2.05, 4.69) is 14.9 Å². The van der Waals surface area contributed by atoms with Gasteiger partial charge in [0.25, 0.3) is 5.88 Å². The van der Waals surface area contributed by atoms with Crippen LogP contribution in [-0.2, 0) is 0 Å².